The minimum Gasteiger partial charge on any atom is -0.354 e. The third-order valence-corrected chi connectivity index (χ3v) is 5.52. The van der Waals surface area contributed by atoms with Crippen LogP contribution in [0, 0.1) is 12.8 Å². The third kappa shape index (κ3) is 3.32. The lowest BCUT2D eigenvalue weighted by Crippen LogP contribution is -2.45. The molecule has 2 aromatic rings. The minimum absolute atomic E-state index is 0.135. The average Bonchev–Trinajstić information content (AvgIpc) is 3.29. The Hall–Kier alpha value is -2.18. The predicted octanol–water partition coefficient (Wildman–Crippen LogP) is 2.33. The van der Waals surface area contributed by atoms with E-state index in [4.69, 9.17) is 0 Å². The number of nitrogens with one attached hydrogen (secondary N) is 2. The Balaban J connectivity index is 1.49. The van der Waals surface area contributed by atoms with Crippen molar-refractivity contribution in [1.29, 1.82) is 0 Å². The monoisotopic (exact) mass is 342 g/mol. The molecule has 0 radical (unpaired) electrons. The maximum atomic E-state index is 12.8. The second kappa shape index (κ2) is 6.98. The van der Waals surface area contributed by atoms with Gasteiger partial charge in [0.2, 0.25) is 5.91 Å². The first-order chi connectivity index (χ1) is 12.2. The number of carbonyl (C=O) groups is 1. The molecule has 1 aliphatic carbocycles. The van der Waals surface area contributed by atoms with Crippen molar-refractivity contribution in [2.24, 2.45) is 5.92 Å². The van der Waals surface area contributed by atoms with E-state index in [2.05, 4.69) is 30.4 Å². The fraction of sp³-hybridized carbons (Fsp3) is 0.667. The Bertz CT molecular complexity index is 751. The van der Waals surface area contributed by atoms with Crippen LogP contribution in [0.3, 0.4) is 0 Å². The molecule has 1 saturated carbocycles. The van der Waals surface area contributed by atoms with Gasteiger partial charge in [0.1, 0.15) is 17.7 Å². The molecular formula is C18H26N6O. The number of H-pyrrole nitrogens is 1. The lowest BCUT2D eigenvalue weighted by molar-refractivity contribution is -0.122. The van der Waals surface area contributed by atoms with Crippen LogP contribution < -0.4 is 10.2 Å². The van der Waals surface area contributed by atoms with Gasteiger partial charge in [-0.15, -0.1) is 0 Å². The number of hydrogen-bond donors (Lipinski definition) is 2. The summed E-state index contributed by atoms with van der Waals surface area (Å²) >= 11 is 0. The molecule has 4 rings (SSSR count). The zero-order chi connectivity index (χ0) is 17.2. The molecule has 0 spiro atoms. The second-order valence-corrected chi connectivity index (χ2v) is 7.33. The molecule has 3 heterocycles. The predicted molar refractivity (Wildman–Crippen MR) is 96.4 cm³/mol. The van der Waals surface area contributed by atoms with Gasteiger partial charge in [0.15, 0.2) is 5.65 Å². The molecule has 7 heteroatoms. The highest BCUT2D eigenvalue weighted by Gasteiger charge is 2.33. The average molecular weight is 342 g/mol. The molecule has 1 amide bonds. The van der Waals surface area contributed by atoms with E-state index in [1.54, 1.807) is 6.20 Å². The molecule has 2 aromatic heterocycles. The largest absolute Gasteiger partial charge is 0.354 e. The molecule has 25 heavy (non-hydrogen) atoms. The summed E-state index contributed by atoms with van der Waals surface area (Å²) in [6.07, 6.45) is 10.1. The zero-order valence-electron chi connectivity index (χ0n) is 14.8. The molecule has 1 saturated heterocycles. The smallest absolute Gasteiger partial charge is 0.242 e. The van der Waals surface area contributed by atoms with Crippen LogP contribution in [0.5, 0.6) is 0 Å². The van der Waals surface area contributed by atoms with Crippen LogP contribution >= 0.6 is 0 Å². The van der Waals surface area contributed by atoms with Gasteiger partial charge in [0.05, 0.1) is 11.6 Å². The number of aromatic nitrogens is 4. The summed E-state index contributed by atoms with van der Waals surface area (Å²) in [7, 11) is 0. The molecule has 1 unspecified atom stereocenters. The summed E-state index contributed by atoms with van der Waals surface area (Å²) in [5.41, 5.74) is 0.732. The van der Waals surface area contributed by atoms with Gasteiger partial charge in [-0.1, -0.05) is 19.3 Å². The van der Waals surface area contributed by atoms with Crippen LogP contribution in [0.2, 0.25) is 0 Å². The number of amides is 1. The van der Waals surface area contributed by atoms with Crippen molar-refractivity contribution in [2.45, 2.75) is 57.9 Å². The number of nitrogens with zero attached hydrogens (tertiary/aromatic N) is 4. The van der Waals surface area contributed by atoms with Gasteiger partial charge in [-0.05, 0) is 38.5 Å². The van der Waals surface area contributed by atoms with Crippen molar-refractivity contribution < 1.29 is 4.79 Å². The second-order valence-electron chi connectivity index (χ2n) is 7.33. The van der Waals surface area contributed by atoms with Gasteiger partial charge < -0.3 is 10.2 Å². The van der Waals surface area contributed by atoms with Crippen LogP contribution in [0.15, 0.2) is 6.20 Å². The van der Waals surface area contributed by atoms with E-state index in [0.29, 0.717) is 11.7 Å². The van der Waals surface area contributed by atoms with Crippen molar-refractivity contribution in [1.82, 2.24) is 25.5 Å². The SMILES string of the molecule is Cc1nc(N2CCCC2C(=O)NCC2CCCCC2)c2cn[nH]c2n1. The summed E-state index contributed by atoms with van der Waals surface area (Å²) in [5, 5.41) is 11.1. The summed E-state index contributed by atoms with van der Waals surface area (Å²) in [5.74, 6) is 2.30. The summed E-state index contributed by atoms with van der Waals surface area (Å²) < 4.78 is 0. The molecule has 0 aromatic carbocycles. The number of anilines is 1. The van der Waals surface area contributed by atoms with E-state index in [-0.39, 0.29) is 11.9 Å². The van der Waals surface area contributed by atoms with E-state index >= 15 is 0 Å². The van der Waals surface area contributed by atoms with Gasteiger partial charge in [-0.2, -0.15) is 5.10 Å². The highest BCUT2D eigenvalue weighted by Crippen LogP contribution is 2.29. The van der Waals surface area contributed by atoms with Gasteiger partial charge in [0, 0.05) is 13.1 Å². The first-order valence-corrected chi connectivity index (χ1v) is 9.44. The Morgan fingerprint density at radius 3 is 2.92 bits per heavy atom. The van der Waals surface area contributed by atoms with Crippen LogP contribution in [0.25, 0.3) is 11.0 Å². The quantitative estimate of drug-likeness (QED) is 0.890. The lowest BCUT2D eigenvalue weighted by atomic mass is 9.89. The standard InChI is InChI=1S/C18H26N6O/c1-12-21-16-14(11-20-23-16)17(22-12)24-9-5-8-15(24)18(25)19-10-13-6-3-2-4-7-13/h11,13,15H,2-10H2,1H3,(H,19,25)(H,20,21,22,23). The number of aryl methyl sites for hydroxylation is 1. The fourth-order valence-electron chi connectivity index (χ4n) is 4.19. The zero-order valence-corrected chi connectivity index (χ0v) is 14.8. The number of rotatable bonds is 4. The molecule has 0 bridgehead atoms. The van der Waals surface area contributed by atoms with Gasteiger partial charge in [0.25, 0.3) is 0 Å². The number of aromatic amines is 1. The van der Waals surface area contributed by atoms with Crippen molar-refractivity contribution >= 4 is 22.8 Å². The van der Waals surface area contributed by atoms with E-state index in [0.717, 1.165) is 42.8 Å². The van der Waals surface area contributed by atoms with E-state index in [9.17, 15) is 4.79 Å². The van der Waals surface area contributed by atoms with E-state index in [1.807, 2.05) is 6.92 Å². The Morgan fingerprint density at radius 2 is 2.08 bits per heavy atom. The van der Waals surface area contributed by atoms with Crippen LogP contribution in [-0.4, -0.2) is 45.2 Å². The van der Waals surface area contributed by atoms with Crippen molar-refractivity contribution in [3.8, 4) is 0 Å². The number of fused-ring (bicyclic) bond motifs is 1. The molecule has 7 nitrogen and oxygen atoms in total. The Morgan fingerprint density at radius 1 is 1.24 bits per heavy atom. The molecule has 1 aliphatic heterocycles. The molecule has 2 aliphatic rings. The molecule has 134 valence electrons. The highest BCUT2D eigenvalue weighted by atomic mass is 16.2. The van der Waals surface area contributed by atoms with Crippen molar-refractivity contribution in [2.75, 3.05) is 18.0 Å². The van der Waals surface area contributed by atoms with Crippen LogP contribution in [0.1, 0.15) is 50.8 Å². The normalized spacial score (nSPS) is 21.8. The topological polar surface area (TPSA) is 86.8 Å². The Labute approximate surface area is 147 Å². The van der Waals surface area contributed by atoms with E-state index in [1.165, 1.54) is 32.1 Å². The van der Waals surface area contributed by atoms with Crippen molar-refractivity contribution in [3.63, 3.8) is 0 Å². The first kappa shape index (κ1) is 16.3. The molecular weight excluding hydrogens is 316 g/mol. The maximum absolute atomic E-state index is 12.8. The van der Waals surface area contributed by atoms with Gasteiger partial charge in [-0.3, -0.25) is 9.89 Å². The van der Waals surface area contributed by atoms with Gasteiger partial charge >= 0.3 is 0 Å². The Kier molecular flexibility index (Phi) is 4.55. The van der Waals surface area contributed by atoms with Crippen LogP contribution in [-0.2, 0) is 4.79 Å². The third-order valence-electron chi connectivity index (χ3n) is 5.52. The fourth-order valence-corrected chi connectivity index (χ4v) is 4.19. The number of hydrogen-bond acceptors (Lipinski definition) is 5. The molecule has 2 N–H and O–H groups in total. The maximum Gasteiger partial charge on any atom is 0.242 e. The van der Waals surface area contributed by atoms with Crippen molar-refractivity contribution in [3.05, 3.63) is 12.0 Å². The minimum atomic E-state index is -0.143. The lowest BCUT2D eigenvalue weighted by Gasteiger charge is -2.27. The first-order valence-electron chi connectivity index (χ1n) is 9.44. The summed E-state index contributed by atoms with van der Waals surface area (Å²) in [6, 6.07) is -0.143. The molecule has 2 fully saturated rings. The van der Waals surface area contributed by atoms with Crippen LogP contribution in [0.4, 0.5) is 5.82 Å². The number of carbonyl (C=O) groups excluding carboxylic acids is 1. The molecule has 1 atom stereocenters. The summed E-state index contributed by atoms with van der Waals surface area (Å²) in [4.78, 5) is 23.9. The van der Waals surface area contributed by atoms with E-state index < -0.39 is 0 Å². The summed E-state index contributed by atoms with van der Waals surface area (Å²) in [6.45, 7) is 3.53. The van der Waals surface area contributed by atoms with Gasteiger partial charge in [-0.25, -0.2) is 9.97 Å². The highest BCUT2D eigenvalue weighted by molar-refractivity contribution is 5.91.